The molecule has 0 aliphatic heterocycles. The fraction of sp³-hybridized carbons (Fsp3) is 0.333. The molecule has 0 aromatic heterocycles. The summed E-state index contributed by atoms with van der Waals surface area (Å²) in [4.78, 5) is 0. The molecule has 0 aliphatic carbocycles. The van der Waals surface area contributed by atoms with Crippen LogP contribution in [-0.2, 0) is 0 Å². The maximum absolute atomic E-state index is 2.32. The second kappa shape index (κ2) is 5.76. The molecule has 0 saturated heterocycles. The van der Waals surface area contributed by atoms with Crippen molar-refractivity contribution < 1.29 is 0 Å². The Balaban J connectivity index is 2.39. The minimum atomic E-state index is 0.926. The van der Waals surface area contributed by atoms with Gasteiger partial charge in [-0.1, -0.05) is 54.1 Å². The molecule has 0 aliphatic rings. The average molecular weight is 188 g/mol. The molecular weight excluding hydrogens is 172 g/mol. The van der Waals surface area contributed by atoms with Gasteiger partial charge in [-0.25, -0.2) is 0 Å². The molecule has 0 bridgehead atoms. The lowest BCUT2D eigenvalue weighted by Crippen LogP contribution is -2.12. The van der Waals surface area contributed by atoms with E-state index in [4.69, 9.17) is 0 Å². The van der Waals surface area contributed by atoms with Crippen LogP contribution in [-0.4, -0.2) is 9.52 Å². The third-order valence-corrected chi connectivity index (χ3v) is 3.37. The molecule has 1 aromatic rings. The maximum atomic E-state index is 2.32. The molecule has 1 heteroatoms. The molecule has 0 atom stereocenters. The molecule has 0 fully saturated rings. The molecule has 0 N–H and O–H groups in total. The molecule has 0 saturated carbocycles. The number of rotatable bonds is 4. The summed E-state index contributed by atoms with van der Waals surface area (Å²) in [6, 6.07) is 11.9. The summed E-state index contributed by atoms with van der Waals surface area (Å²) in [6.07, 6.45) is 3.47. The minimum Gasteiger partial charge on any atom is -0.0862 e. The first-order valence-electron chi connectivity index (χ1n) is 4.77. The summed E-state index contributed by atoms with van der Waals surface area (Å²) in [6.45, 7) is 4.41. The molecule has 0 amide bonds. The van der Waals surface area contributed by atoms with Crippen LogP contribution < -0.4 is 5.19 Å². The number of hydrogen-bond acceptors (Lipinski definition) is 0. The van der Waals surface area contributed by atoms with Gasteiger partial charge < -0.3 is 0 Å². The van der Waals surface area contributed by atoms with Gasteiger partial charge in [0.2, 0.25) is 0 Å². The lowest BCUT2D eigenvalue weighted by molar-refractivity contribution is 1.17. The smallest absolute Gasteiger partial charge is 0.0852 e. The summed E-state index contributed by atoms with van der Waals surface area (Å²) >= 11 is 0. The van der Waals surface area contributed by atoms with Gasteiger partial charge in [0.05, 0.1) is 9.52 Å². The van der Waals surface area contributed by atoms with E-state index in [1.165, 1.54) is 16.8 Å². The van der Waals surface area contributed by atoms with Crippen LogP contribution in [0.3, 0.4) is 0 Å². The maximum Gasteiger partial charge on any atom is 0.0852 e. The van der Waals surface area contributed by atoms with Crippen molar-refractivity contribution in [1.29, 1.82) is 0 Å². The van der Waals surface area contributed by atoms with Crippen molar-refractivity contribution in [2.75, 3.05) is 0 Å². The average Bonchev–Trinajstić information content (AvgIpc) is 2.17. The molecule has 0 heterocycles. The molecule has 1 aromatic carbocycles. The molecule has 0 unspecified atom stereocenters. The summed E-state index contributed by atoms with van der Waals surface area (Å²) in [5.74, 6) is 0. The van der Waals surface area contributed by atoms with Gasteiger partial charge in [0.15, 0.2) is 0 Å². The van der Waals surface area contributed by atoms with Crippen LogP contribution in [0, 0.1) is 0 Å². The van der Waals surface area contributed by atoms with E-state index in [9.17, 15) is 0 Å². The summed E-state index contributed by atoms with van der Waals surface area (Å²) in [5, 5.41) is 1.46. The van der Waals surface area contributed by atoms with Gasteiger partial charge in [-0.3, -0.25) is 0 Å². The van der Waals surface area contributed by atoms with Gasteiger partial charge in [0.25, 0.3) is 0 Å². The van der Waals surface area contributed by atoms with Crippen LogP contribution in [0.25, 0.3) is 0 Å². The number of hydrogen-bond donors (Lipinski definition) is 0. The minimum absolute atomic E-state index is 0.926. The Morgan fingerprint density at radius 2 is 2.00 bits per heavy atom. The standard InChI is InChI=1S/C12H16Si/c1-3-7-11(2)10-13-12-8-5-4-6-9-12/h4-9H,3,10H2,1-2H3/b11-7+. The fourth-order valence-corrected chi connectivity index (χ4v) is 2.27. The highest BCUT2D eigenvalue weighted by Crippen LogP contribution is 2.00. The van der Waals surface area contributed by atoms with Crippen molar-refractivity contribution in [1.82, 2.24) is 0 Å². The van der Waals surface area contributed by atoms with E-state index >= 15 is 0 Å². The summed E-state index contributed by atoms with van der Waals surface area (Å²) in [7, 11) is 0.926. The Labute approximate surface area is 83.5 Å². The van der Waals surface area contributed by atoms with Gasteiger partial charge in [-0.15, -0.1) is 0 Å². The lowest BCUT2D eigenvalue weighted by atomic mass is 10.3. The SMILES string of the molecule is CC/C=C(\C)C[Si]c1ccccc1. The van der Waals surface area contributed by atoms with E-state index in [1.54, 1.807) is 0 Å². The predicted octanol–water partition coefficient (Wildman–Crippen LogP) is 2.79. The van der Waals surface area contributed by atoms with E-state index in [2.05, 4.69) is 50.3 Å². The Hall–Kier alpha value is -0.823. The first-order chi connectivity index (χ1) is 6.33. The topological polar surface area (TPSA) is 0 Å². The zero-order valence-corrected chi connectivity index (χ0v) is 9.38. The van der Waals surface area contributed by atoms with Gasteiger partial charge >= 0.3 is 0 Å². The van der Waals surface area contributed by atoms with E-state index in [0.29, 0.717) is 0 Å². The zero-order chi connectivity index (χ0) is 9.52. The Kier molecular flexibility index (Phi) is 4.55. The molecule has 68 valence electrons. The van der Waals surface area contributed by atoms with Crippen molar-refractivity contribution in [3.05, 3.63) is 42.0 Å². The van der Waals surface area contributed by atoms with E-state index in [-0.39, 0.29) is 0 Å². The van der Waals surface area contributed by atoms with Crippen molar-refractivity contribution in [3.8, 4) is 0 Å². The third-order valence-electron chi connectivity index (χ3n) is 1.90. The third kappa shape index (κ3) is 4.09. The summed E-state index contributed by atoms with van der Waals surface area (Å²) in [5.41, 5.74) is 1.52. The molecule has 1 rings (SSSR count). The number of benzene rings is 1. The van der Waals surface area contributed by atoms with Gasteiger partial charge in [0, 0.05) is 0 Å². The van der Waals surface area contributed by atoms with Crippen LogP contribution in [0.1, 0.15) is 20.3 Å². The molecule has 0 nitrogen and oxygen atoms in total. The molecule has 0 spiro atoms. The Morgan fingerprint density at radius 3 is 2.62 bits per heavy atom. The van der Waals surface area contributed by atoms with Crippen LogP contribution in [0.15, 0.2) is 42.0 Å². The highest BCUT2D eigenvalue weighted by atomic mass is 28.2. The molecule has 13 heavy (non-hydrogen) atoms. The van der Waals surface area contributed by atoms with E-state index in [1.807, 2.05) is 0 Å². The normalized spacial score (nSPS) is 11.7. The highest BCUT2D eigenvalue weighted by molar-refractivity contribution is 6.54. The lowest BCUT2D eigenvalue weighted by Gasteiger charge is -1.99. The number of allylic oxidation sites excluding steroid dienone is 2. The quantitative estimate of drug-likeness (QED) is 0.503. The summed E-state index contributed by atoms with van der Waals surface area (Å²) < 4.78 is 0. The highest BCUT2D eigenvalue weighted by Gasteiger charge is 1.94. The first-order valence-corrected chi connectivity index (χ1v) is 5.98. The largest absolute Gasteiger partial charge is 0.0862 e. The molecule has 2 radical (unpaired) electrons. The fourth-order valence-electron chi connectivity index (χ4n) is 1.22. The van der Waals surface area contributed by atoms with Crippen molar-refractivity contribution in [2.45, 2.75) is 26.3 Å². The van der Waals surface area contributed by atoms with E-state index in [0.717, 1.165) is 15.9 Å². The van der Waals surface area contributed by atoms with Crippen LogP contribution >= 0.6 is 0 Å². The van der Waals surface area contributed by atoms with Crippen molar-refractivity contribution in [3.63, 3.8) is 0 Å². The Bertz CT molecular complexity index is 262. The second-order valence-electron chi connectivity index (χ2n) is 3.18. The zero-order valence-electron chi connectivity index (χ0n) is 8.38. The molecular formula is C12H16Si. The van der Waals surface area contributed by atoms with Crippen LogP contribution in [0.2, 0.25) is 6.04 Å². The van der Waals surface area contributed by atoms with E-state index < -0.39 is 0 Å². The van der Waals surface area contributed by atoms with Crippen molar-refractivity contribution in [2.24, 2.45) is 0 Å². The van der Waals surface area contributed by atoms with Crippen molar-refractivity contribution >= 4 is 14.7 Å². The first kappa shape index (κ1) is 10.3. The van der Waals surface area contributed by atoms with Crippen LogP contribution in [0.5, 0.6) is 0 Å². The van der Waals surface area contributed by atoms with Gasteiger partial charge in [-0.05, 0) is 19.4 Å². The Morgan fingerprint density at radius 1 is 1.31 bits per heavy atom. The van der Waals surface area contributed by atoms with Crippen LogP contribution in [0.4, 0.5) is 0 Å². The van der Waals surface area contributed by atoms with Gasteiger partial charge in [-0.2, -0.15) is 0 Å². The predicted molar refractivity (Wildman–Crippen MR) is 60.7 cm³/mol. The monoisotopic (exact) mass is 188 g/mol. The van der Waals surface area contributed by atoms with Gasteiger partial charge in [0.1, 0.15) is 0 Å². The second-order valence-corrected chi connectivity index (χ2v) is 4.46.